The fraction of sp³-hybridized carbons (Fsp3) is 0.200. The summed E-state index contributed by atoms with van der Waals surface area (Å²) in [5.74, 6) is 0.850. The third kappa shape index (κ3) is 3.88. The van der Waals surface area contributed by atoms with E-state index in [2.05, 4.69) is 85.5 Å². The van der Waals surface area contributed by atoms with Crippen molar-refractivity contribution in [2.75, 3.05) is 0 Å². The van der Waals surface area contributed by atoms with Crippen LogP contribution in [0.15, 0.2) is 77.8 Å². The highest BCUT2D eigenvalue weighted by Crippen LogP contribution is 2.36. The first-order valence-corrected chi connectivity index (χ1v) is 13.5. The van der Waals surface area contributed by atoms with Crippen LogP contribution in [0.4, 0.5) is 0 Å². The quantitative estimate of drug-likeness (QED) is 0.256. The average molecular weight is 491 g/mol. The molecule has 7 rings (SSSR count). The van der Waals surface area contributed by atoms with Crippen LogP contribution < -0.4 is 4.74 Å². The summed E-state index contributed by atoms with van der Waals surface area (Å²) in [6.45, 7) is 0. The Labute approximate surface area is 213 Å². The Morgan fingerprint density at radius 1 is 0.833 bits per heavy atom. The van der Waals surface area contributed by atoms with E-state index in [-0.39, 0.29) is 0 Å². The lowest BCUT2D eigenvalue weighted by Crippen LogP contribution is -2.19. The molecular weight excluding hydrogens is 464 g/mol. The van der Waals surface area contributed by atoms with Crippen molar-refractivity contribution in [1.29, 1.82) is 0 Å². The van der Waals surface area contributed by atoms with E-state index in [1.807, 2.05) is 12.4 Å². The van der Waals surface area contributed by atoms with Gasteiger partial charge in [-0.2, -0.15) is 16.4 Å². The third-order valence-corrected chi connectivity index (χ3v) is 7.90. The second-order valence-corrected chi connectivity index (χ2v) is 10.4. The number of pyridine rings is 1. The number of aromatic nitrogens is 4. The molecule has 4 heterocycles. The molecule has 0 aliphatic heterocycles. The van der Waals surface area contributed by atoms with Gasteiger partial charge in [-0.25, -0.2) is 0 Å². The minimum absolute atomic E-state index is 0.305. The molecule has 1 saturated carbocycles. The summed E-state index contributed by atoms with van der Waals surface area (Å²) in [5.41, 5.74) is 8.66. The number of aromatic amines is 2. The predicted molar refractivity (Wildman–Crippen MR) is 147 cm³/mol. The molecule has 0 spiro atoms. The summed E-state index contributed by atoms with van der Waals surface area (Å²) in [6.07, 6.45) is 10.1. The Kier molecular flexibility index (Phi) is 5.32. The van der Waals surface area contributed by atoms with Gasteiger partial charge in [-0.3, -0.25) is 10.1 Å². The summed E-state index contributed by atoms with van der Waals surface area (Å²) in [6, 6.07) is 19.3. The largest absolute Gasteiger partial charge is 0.489 e. The zero-order chi connectivity index (χ0) is 23.9. The Bertz CT molecular complexity index is 1660. The van der Waals surface area contributed by atoms with Gasteiger partial charge < -0.3 is 9.72 Å². The summed E-state index contributed by atoms with van der Waals surface area (Å²) in [5, 5.41) is 14.5. The standard InChI is InChI=1S/C30H26N4OS/c1-2-5-22(6-3-1)35-23-13-21(16-31-17-23)19-9-10-28-26(14-19)30(34-33-28)29-15-25-24(20-11-12-36-18-20)7-4-8-27(25)32-29/h4,7-18,22,32H,1-3,5-6H2,(H,33,34). The second-order valence-electron chi connectivity index (χ2n) is 9.58. The van der Waals surface area contributed by atoms with Gasteiger partial charge in [0.15, 0.2) is 0 Å². The summed E-state index contributed by atoms with van der Waals surface area (Å²) >= 11 is 1.72. The molecule has 0 saturated heterocycles. The maximum absolute atomic E-state index is 6.27. The van der Waals surface area contributed by atoms with E-state index in [4.69, 9.17) is 4.74 Å². The third-order valence-electron chi connectivity index (χ3n) is 7.22. The normalized spacial score (nSPS) is 14.6. The van der Waals surface area contributed by atoms with Crippen molar-refractivity contribution in [1.82, 2.24) is 20.2 Å². The minimum Gasteiger partial charge on any atom is -0.489 e. The van der Waals surface area contributed by atoms with Gasteiger partial charge in [-0.15, -0.1) is 0 Å². The molecular formula is C30H26N4OS. The number of nitrogens with zero attached hydrogens (tertiary/aromatic N) is 2. The van der Waals surface area contributed by atoms with Gasteiger partial charge in [-0.1, -0.05) is 24.6 Å². The average Bonchev–Trinajstić information content (AvgIpc) is 3.68. The smallest absolute Gasteiger partial charge is 0.138 e. The van der Waals surface area contributed by atoms with Crippen LogP contribution in [0.2, 0.25) is 0 Å². The number of thiophene rings is 1. The van der Waals surface area contributed by atoms with Crippen LogP contribution in [-0.4, -0.2) is 26.3 Å². The van der Waals surface area contributed by atoms with Crippen molar-refractivity contribution in [3.63, 3.8) is 0 Å². The number of ether oxygens (including phenoxy) is 1. The Hall–Kier alpha value is -3.90. The topological polar surface area (TPSA) is 66.6 Å². The molecule has 5 nitrogen and oxygen atoms in total. The van der Waals surface area contributed by atoms with Crippen molar-refractivity contribution >= 4 is 33.1 Å². The molecule has 1 aliphatic rings. The van der Waals surface area contributed by atoms with Gasteiger partial charge >= 0.3 is 0 Å². The summed E-state index contributed by atoms with van der Waals surface area (Å²) in [4.78, 5) is 8.08. The molecule has 0 bridgehead atoms. The van der Waals surface area contributed by atoms with E-state index in [1.165, 1.54) is 35.8 Å². The van der Waals surface area contributed by atoms with Gasteiger partial charge in [0, 0.05) is 28.0 Å². The molecule has 0 radical (unpaired) electrons. The van der Waals surface area contributed by atoms with Crippen molar-refractivity contribution in [2.24, 2.45) is 0 Å². The Morgan fingerprint density at radius 3 is 2.67 bits per heavy atom. The van der Waals surface area contributed by atoms with E-state index in [9.17, 15) is 0 Å². The SMILES string of the molecule is c1cc(-c2ccsc2)c2cc(-c3n[nH]c4ccc(-c5cncc(OC6CCCCC6)c5)cc34)[nH]c2c1. The van der Waals surface area contributed by atoms with E-state index in [0.29, 0.717) is 6.10 Å². The lowest BCUT2D eigenvalue weighted by molar-refractivity contribution is 0.154. The molecule has 1 aliphatic carbocycles. The molecule has 0 amide bonds. The fourth-order valence-electron chi connectivity index (χ4n) is 5.37. The van der Waals surface area contributed by atoms with Gasteiger partial charge in [0.2, 0.25) is 0 Å². The van der Waals surface area contributed by atoms with Gasteiger partial charge in [0.05, 0.1) is 23.5 Å². The summed E-state index contributed by atoms with van der Waals surface area (Å²) < 4.78 is 6.27. The van der Waals surface area contributed by atoms with Crippen LogP contribution in [0.25, 0.3) is 55.4 Å². The fourth-order valence-corrected chi connectivity index (χ4v) is 6.02. The highest BCUT2D eigenvalue weighted by Gasteiger charge is 2.17. The number of hydrogen-bond donors (Lipinski definition) is 2. The van der Waals surface area contributed by atoms with E-state index >= 15 is 0 Å². The number of rotatable bonds is 5. The maximum atomic E-state index is 6.27. The molecule has 1 fully saturated rings. The maximum Gasteiger partial charge on any atom is 0.138 e. The van der Waals surface area contributed by atoms with Crippen LogP contribution in [0, 0.1) is 0 Å². The molecule has 0 atom stereocenters. The van der Waals surface area contributed by atoms with Crippen LogP contribution in [-0.2, 0) is 0 Å². The summed E-state index contributed by atoms with van der Waals surface area (Å²) in [7, 11) is 0. The number of fused-ring (bicyclic) bond motifs is 2. The first-order chi connectivity index (χ1) is 17.8. The predicted octanol–water partition coefficient (Wildman–Crippen LogP) is 8.21. The van der Waals surface area contributed by atoms with E-state index < -0.39 is 0 Å². The number of H-pyrrole nitrogens is 2. The lowest BCUT2D eigenvalue weighted by atomic mass is 9.98. The first kappa shape index (κ1) is 21.4. The molecule has 6 aromatic rings. The van der Waals surface area contributed by atoms with E-state index in [1.54, 1.807) is 11.3 Å². The Balaban J connectivity index is 1.26. The highest BCUT2D eigenvalue weighted by atomic mass is 32.1. The van der Waals surface area contributed by atoms with Gasteiger partial charge in [0.1, 0.15) is 11.4 Å². The number of hydrogen-bond acceptors (Lipinski definition) is 4. The van der Waals surface area contributed by atoms with Crippen molar-refractivity contribution in [2.45, 2.75) is 38.2 Å². The van der Waals surface area contributed by atoms with Crippen LogP contribution in [0.3, 0.4) is 0 Å². The van der Waals surface area contributed by atoms with Crippen LogP contribution in [0.5, 0.6) is 5.75 Å². The minimum atomic E-state index is 0.305. The molecule has 2 N–H and O–H groups in total. The van der Waals surface area contributed by atoms with Crippen LogP contribution >= 0.6 is 11.3 Å². The zero-order valence-corrected chi connectivity index (χ0v) is 20.6. The van der Waals surface area contributed by atoms with Gasteiger partial charge in [-0.05, 0) is 89.5 Å². The monoisotopic (exact) mass is 490 g/mol. The molecule has 178 valence electrons. The first-order valence-electron chi connectivity index (χ1n) is 12.6. The lowest BCUT2D eigenvalue weighted by Gasteiger charge is -2.23. The molecule has 2 aromatic carbocycles. The molecule has 0 unspecified atom stereocenters. The van der Waals surface area contributed by atoms with Crippen molar-refractivity contribution < 1.29 is 4.74 Å². The second kappa shape index (κ2) is 8.95. The van der Waals surface area contributed by atoms with E-state index in [0.717, 1.165) is 57.5 Å². The number of benzene rings is 2. The Morgan fingerprint density at radius 2 is 1.78 bits per heavy atom. The van der Waals surface area contributed by atoms with Crippen molar-refractivity contribution in [3.8, 4) is 39.4 Å². The highest BCUT2D eigenvalue weighted by molar-refractivity contribution is 7.08. The molecule has 6 heteroatoms. The van der Waals surface area contributed by atoms with Gasteiger partial charge in [0.25, 0.3) is 0 Å². The molecule has 36 heavy (non-hydrogen) atoms. The number of nitrogens with one attached hydrogen (secondary N) is 2. The molecule has 4 aromatic heterocycles. The van der Waals surface area contributed by atoms with Crippen LogP contribution in [0.1, 0.15) is 32.1 Å². The zero-order valence-electron chi connectivity index (χ0n) is 19.8. The van der Waals surface area contributed by atoms with Crippen molar-refractivity contribution in [3.05, 3.63) is 77.8 Å².